The van der Waals surface area contributed by atoms with Crippen LogP contribution in [0.1, 0.15) is 282 Å². The largest absolute Gasteiger partial charge is 0.462 e. The molecule has 0 aromatic heterocycles. The fourth-order valence-corrected chi connectivity index (χ4v) is 21.6. The standard InChI is InChI=1S/C28H23FO.C22H21FO2S.C22H21NO4S.C21H19FOS.C21H19NO3S/c1-19(30)23-13-11-21(18-27(23)29)10-9-20-12-14-26-25(17-20)24(15-16-28(26,2)3)22-7-5-4-6-8-22;1-4-25-21(24)17-9-8-16(19(23)14-17)7-5-15-6-10-20-18(13-15)22(2,3)11-12-26-20;1-4-27-21(24)17-9-8-16(19(14-17)23(25)26)7-5-15-6-10-20-18(13-15)22(2,3)11-12-28-20;1-14(23)17-8-7-16(19(22)13-17)6-4-15-5-9-20-18(12-15)21(2,3)10-11-24-20;1-14(23)17-8-7-16(19(13-17)22(24)25)6-4-15-5-9-20-18(12-15)21(2,3)10-11-26-20/h4-8,11-15,17-18H,16H2,1-3H3;6,8-10,13-14H,4,11-12H2,1-3H3;6,8-10,13-14H,4,11-12H2,1-3H3;5,7-9,12-13H,10-11H2,1-3H3;5,7-9,12-13H,10-11H2,1-3H3. The van der Waals surface area contributed by atoms with Gasteiger partial charge < -0.3 is 9.47 Å². The van der Waals surface area contributed by atoms with E-state index in [0.717, 1.165) is 82.9 Å². The van der Waals surface area contributed by atoms with Crippen LogP contribution < -0.4 is 0 Å². The molecule has 16 rings (SSSR count). The normalized spacial score (nSPS) is 14.6. The maximum Gasteiger partial charge on any atom is 0.338 e. The SMILES string of the molecule is CC(=O)c1ccc(C#Cc2ccc3c(c2)C(C)(C)CCS3)c(F)c1.CC(=O)c1ccc(C#Cc2ccc3c(c2)C(C)(C)CCS3)c([N+](=O)[O-])c1.CC(=O)c1ccc(C#Cc2ccc3c(c2)C(c2ccccc2)=CCC3(C)C)cc1F.CCOC(=O)c1ccc(C#Cc2ccc3c(c2)C(C)(C)CCS3)c(F)c1.CCOC(=O)c1ccc(C#Cc2ccc3c(c2)C(C)(C)CCS3)c([N+](=O)[O-])c1. The predicted octanol–water partition coefficient (Wildman–Crippen LogP) is 26.8. The molecule has 0 bridgehead atoms. The summed E-state index contributed by atoms with van der Waals surface area (Å²) >= 11 is 7.46. The van der Waals surface area contributed by atoms with E-state index in [1.54, 1.807) is 44.2 Å². The number of rotatable bonds is 10. The van der Waals surface area contributed by atoms with Crippen LogP contribution >= 0.6 is 47.0 Å². The van der Waals surface area contributed by atoms with E-state index in [9.17, 15) is 57.4 Å². The molecule has 1 aliphatic carbocycles. The number of fused-ring (bicyclic) bond motifs is 5. The number of allylic oxidation sites excluding steroid dienone is 1. The Balaban J connectivity index is 0.000000151. The first kappa shape index (κ1) is 99.9. The lowest BCUT2D eigenvalue weighted by molar-refractivity contribution is -0.385. The second-order valence-corrected chi connectivity index (χ2v) is 40.6. The molecule has 11 aromatic rings. The highest BCUT2D eigenvalue weighted by molar-refractivity contribution is 8.00. The van der Waals surface area contributed by atoms with Crippen LogP contribution in [0.5, 0.6) is 0 Å². The van der Waals surface area contributed by atoms with Crippen molar-refractivity contribution in [1.82, 2.24) is 0 Å². The van der Waals surface area contributed by atoms with Crippen molar-refractivity contribution in [3.8, 4) is 59.2 Å². The first-order valence-corrected chi connectivity index (χ1v) is 48.1. The van der Waals surface area contributed by atoms with Crippen LogP contribution in [-0.2, 0) is 36.5 Å². The zero-order valence-electron chi connectivity index (χ0n) is 77.7. The molecule has 0 spiro atoms. The number of hydrogen-bond acceptors (Lipinski definition) is 15. The Bertz CT molecular complexity index is 6860. The first-order valence-electron chi connectivity index (χ1n) is 44.1. The highest BCUT2D eigenvalue weighted by Crippen LogP contribution is 2.47. The summed E-state index contributed by atoms with van der Waals surface area (Å²) < 4.78 is 52.2. The van der Waals surface area contributed by atoms with Crippen molar-refractivity contribution < 1.29 is 56.5 Å². The lowest BCUT2D eigenvalue weighted by Crippen LogP contribution is -2.22. The molecule has 0 fully saturated rings. The van der Waals surface area contributed by atoms with Gasteiger partial charge in [0.1, 0.15) is 28.6 Å². The Labute approximate surface area is 800 Å². The van der Waals surface area contributed by atoms with Gasteiger partial charge >= 0.3 is 11.9 Å². The molecule has 11 aromatic carbocycles. The summed E-state index contributed by atoms with van der Waals surface area (Å²) in [4.78, 5) is 84.5. The highest BCUT2D eigenvalue weighted by atomic mass is 32.2. The van der Waals surface area contributed by atoms with Crippen molar-refractivity contribution in [1.29, 1.82) is 0 Å². The van der Waals surface area contributed by atoms with Gasteiger partial charge in [-0.2, -0.15) is 0 Å². The number of carbonyl (C=O) groups is 5. The number of esters is 2. The number of nitro benzene ring substituents is 2. The van der Waals surface area contributed by atoms with Crippen LogP contribution in [0.2, 0.25) is 0 Å². The third kappa shape index (κ3) is 25.2. The number of carbonyl (C=O) groups excluding carboxylic acids is 5. The minimum atomic E-state index is -0.584. The number of thioether (sulfide) groups is 4. The van der Waals surface area contributed by atoms with Gasteiger partial charge in [0.25, 0.3) is 11.4 Å². The molecule has 0 atom stereocenters. The summed E-state index contributed by atoms with van der Waals surface area (Å²) in [7, 11) is 0. The lowest BCUT2D eigenvalue weighted by Gasteiger charge is -2.32. The average Bonchev–Trinajstić information content (AvgIpc) is 0.767. The quantitative estimate of drug-likeness (QED) is 0.0413. The number of hydrogen-bond donors (Lipinski definition) is 0. The first-order chi connectivity index (χ1) is 63.7. The van der Waals surface area contributed by atoms with Crippen LogP contribution in [0.3, 0.4) is 0 Å². The van der Waals surface area contributed by atoms with E-state index in [-0.39, 0.29) is 96.8 Å². The fourth-order valence-electron chi connectivity index (χ4n) is 15.7. The summed E-state index contributed by atoms with van der Waals surface area (Å²) in [6, 6.07) is 63.1. The number of benzene rings is 11. The molecule has 0 saturated heterocycles. The number of Topliss-reactive ketones (excluding diaryl/α,β-unsaturated/α-hetero) is 3. The Morgan fingerprint density at radius 3 is 1.05 bits per heavy atom. The van der Waals surface area contributed by atoms with Gasteiger partial charge in [0, 0.05) is 76.2 Å². The molecule has 0 saturated carbocycles. The van der Waals surface area contributed by atoms with Gasteiger partial charge in [-0.05, 0) is 325 Å². The fraction of sp³-hybridized carbons (Fsp3) is 0.272. The Morgan fingerprint density at radius 2 is 0.679 bits per heavy atom. The van der Waals surface area contributed by atoms with Gasteiger partial charge in [0.2, 0.25) is 0 Å². The van der Waals surface area contributed by atoms with Crippen LogP contribution in [0, 0.1) is 96.9 Å². The highest BCUT2D eigenvalue weighted by Gasteiger charge is 2.34. The Morgan fingerprint density at radius 1 is 0.351 bits per heavy atom. The molecule has 4 heterocycles. The second kappa shape index (κ2) is 43.7. The second-order valence-electron chi connectivity index (χ2n) is 36.0. The van der Waals surface area contributed by atoms with Gasteiger partial charge in [-0.15, -0.1) is 47.0 Å². The van der Waals surface area contributed by atoms with Gasteiger partial charge in [-0.25, -0.2) is 22.8 Å². The summed E-state index contributed by atoms with van der Waals surface area (Å²) in [6.45, 7) is 30.5. The van der Waals surface area contributed by atoms with E-state index < -0.39 is 39.2 Å². The molecular formula is C114H103F3N2O11S4. The van der Waals surface area contributed by atoms with Gasteiger partial charge in [0.05, 0.1) is 50.9 Å². The molecule has 0 N–H and O–H groups in total. The minimum Gasteiger partial charge on any atom is -0.462 e. The van der Waals surface area contributed by atoms with Crippen molar-refractivity contribution in [2.45, 2.75) is 183 Å². The van der Waals surface area contributed by atoms with Crippen LogP contribution in [0.4, 0.5) is 24.5 Å². The lowest BCUT2D eigenvalue weighted by atomic mass is 9.72. The molecule has 680 valence electrons. The molecule has 4 aliphatic heterocycles. The van der Waals surface area contributed by atoms with Crippen LogP contribution in [-0.4, -0.2) is 75.4 Å². The van der Waals surface area contributed by atoms with E-state index in [1.807, 2.05) is 83.4 Å². The van der Waals surface area contributed by atoms with Crippen LogP contribution in [0.15, 0.2) is 238 Å². The summed E-state index contributed by atoms with van der Waals surface area (Å²) in [5.41, 5.74) is 17.4. The molecule has 0 unspecified atom stereocenters. The van der Waals surface area contributed by atoms with E-state index in [0.29, 0.717) is 27.8 Å². The van der Waals surface area contributed by atoms with Gasteiger partial charge in [0.15, 0.2) is 17.3 Å². The maximum atomic E-state index is 14.2. The average molecular weight is 1860 g/mol. The van der Waals surface area contributed by atoms with Crippen molar-refractivity contribution >= 4 is 93.3 Å². The molecular weight excluding hydrogens is 1760 g/mol. The Hall–Kier alpha value is -13.1. The van der Waals surface area contributed by atoms with Crippen molar-refractivity contribution in [3.63, 3.8) is 0 Å². The molecule has 134 heavy (non-hydrogen) atoms. The predicted molar refractivity (Wildman–Crippen MR) is 534 cm³/mol. The van der Waals surface area contributed by atoms with Crippen molar-refractivity contribution in [3.05, 3.63) is 378 Å². The third-order valence-corrected chi connectivity index (χ3v) is 28.2. The van der Waals surface area contributed by atoms with E-state index in [4.69, 9.17) is 9.47 Å². The smallest absolute Gasteiger partial charge is 0.338 e. The number of nitro groups is 2. The zero-order valence-corrected chi connectivity index (χ0v) is 81.0. The third-order valence-electron chi connectivity index (χ3n) is 23.9. The molecule has 20 heteroatoms. The minimum absolute atomic E-state index is 0.0607. The summed E-state index contributed by atoms with van der Waals surface area (Å²) in [5.74, 6) is 31.1. The van der Waals surface area contributed by atoms with E-state index >= 15 is 0 Å². The number of halogens is 3. The number of ether oxygens (including phenoxy) is 2. The number of nitrogens with zero attached hydrogens (tertiary/aromatic N) is 2. The molecule has 5 aliphatic rings. The van der Waals surface area contributed by atoms with Crippen molar-refractivity contribution in [2.24, 2.45) is 0 Å². The molecule has 0 radical (unpaired) electrons. The maximum absolute atomic E-state index is 14.2. The van der Waals surface area contributed by atoms with Crippen LogP contribution in [0.25, 0.3) is 5.57 Å². The molecule has 13 nitrogen and oxygen atoms in total. The van der Waals surface area contributed by atoms with E-state index in [2.05, 4.69) is 219 Å². The Kier molecular flexibility index (Phi) is 32.6. The zero-order chi connectivity index (χ0) is 96.6. The van der Waals surface area contributed by atoms with Gasteiger partial charge in [-0.3, -0.25) is 34.6 Å². The van der Waals surface area contributed by atoms with Gasteiger partial charge in [-0.1, -0.05) is 171 Å². The van der Waals surface area contributed by atoms with E-state index in [1.165, 1.54) is 146 Å². The number of ketones is 3. The van der Waals surface area contributed by atoms with Crippen molar-refractivity contribution in [2.75, 3.05) is 36.2 Å². The molecule has 0 amide bonds. The monoisotopic (exact) mass is 1860 g/mol. The summed E-state index contributed by atoms with van der Waals surface area (Å²) in [6.07, 6.45) is 7.78. The summed E-state index contributed by atoms with van der Waals surface area (Å²) in [5, 5.41) is 22.7. The topological polar surface area (TPSA) is 190 Å².